The zero-order chi connectivity index (χ0) is 20.7. The van der Waals surface area contributed by atoms with Crippen molar-refractivity contribution in [1.29, 1.82) is 5.26 Å². The highest BCUT2D eigenvalue weighted by atomic mass is 32.2. The Bertz CT molecular complexity index is 980. The molecule has 2 rings (SSSR count). The van der Waals surface area contributed by atoms with Crippen molar-refractivity contribution < 1.29 is 14.8 Å². The molecule has 0 heterocycles. The molecule has 8 heteroatoms. The van der Waals surface area contributed by atoms with Crippen LogP contribution >= 0.6 is 11.8 Å². The third-order valence-electron chi connectivity index (χ3n) is 3.85. The Morgan fingerprint density at radius 2 is 2.07 bits per heavy atom. The van der Waals surface area contributed by atoms with Gasteiger partial charge in [0.15, 0.2) is 0 Å². The zero-order valence-electron chi connectivity index (χ0n) is 15.4. The molecule has 0 aromatic heterocycles. The number of carbonyl (C=O) groups excluding carboxylic acids is 1. The lowest BCUT2D eigenvalue weighted by molar-refractivity contribution is -0.387. The number of rotatable bonds is 7. The number of thioether (sulfide) groups is 1. The van der Waals surface area contributed by atoms with Gasteiger partial charge in [0, 0.05) is 17.5 Å². The molecule has 2 N–H and O–H groups in total. The lowest BCUT2D eigenvalue weighted by Crippen LogP contribution is -2.14. The summed E-state index contributed by atoms with van der Waals surface area (Å²) >= 11 is 1.16. The second-order valence-electron chi connectivity index (χ2n) is 6.00. The second kappa shape index (κ2) is 9.69. The molecule has 2 aromatic carbocycles. The zero-order valence-corrected chi connectivity index (χ0v) is 16.2. The van der Waals surface area contributed by atoms with E-state index in [1.165, 1.54) is 12.1 Å². The van der Waals surface area contributed by atoms with E-state index in [1.807, 2.05) is 32.0 Å². The Kier molecular flexibility index (Phi) is 7.32. The molecule has 0 fully saturated rings. The van der Waals surface area contributed by atoms with Gasteiger partial charge in [0.05, 0.1) is 16.4 Å². The number of carbonyl (C=O) groups is 1. The van der Waals surface area contributed by atoms with Crippen molar-refractivity contribution in [2.24, 2.45) is 0 Å². The lowest BCUT2D eigenvalue weighted by Gasteiger charge is -2.09. The summed E-state index contributed by atoms with van der Waals surface area (Å²) < 4.78 is 0. The molecule has 2 aromatic rings. The van der Waals surface area contributed by atoms with Gasteiger partial charge in [-0.05, 0) is 48.7 Å². The number of aliphatic hydroxyl groups is 1. The number of anilines is 1. The van der Waals surface area contributed by atoms with Gasteiger partial charge in [0.25, 0.3) is 11.6 Å². The average Bonchev–Trinajstić information content (AvgIpc) is 2.67. The van der Waals surface area contributed by atoms with Crippen molar-refractivity contribution in [3.8, 4) is 6.07 Å². The number of nitro benzene ring substituents is 1. The van der Waals surface area contributed by atoms with Crippen molar-refractivity contribution in [2.75, 3.05) is 17.7 Å². The van der Waals surface area contributed by atoms with Crippen molar-refractivity contribution in [1.82, 2.24) is 0 Å². The fraction of sp³-hybridized carbons (Fsp3) is 0.200. The Morgan fingerprint density at radius 1 is 1.32 bits per heavy atom. The molecule has 0 radical (unpaired) electrons. The molecule has 0 bridgehead atoms. The summed E-state index contributed by atoms with van der Waals surface area (Å²) in [6.07, 6.45) is 1.31. The lowest BCUT2D eigenvalue weighted by atomic mass is 10.1. The topological polar surface area (TPSA) is 116 Å². The van der Waals surface area contributed by atoms with E-state index in [0.29, 0.717) is 21.9 Å². The normalized spacial score (nSPS) is 11.0. The number of nitrogens with zero attached hydrogens (tertiary/aromatic N) is 2. The fourth-order valence-corrected chi connectivity index (χ4v) is 3.18. The number of aliphatic hydroxyl groups excluding tert-OH is 1. The summed E-state index contributed by atoms with van der Waals surface area (Å²) in [5, 5.41) is 32.3. The predicted octanol–water partition coefficient (Wildman–Crippen LogP) is 3.84. The maximum absolute atomic E-state index is 12.5. The van der Waals surface area contributed by atoms with Crippen LogP contribution in [0.2, 0.25) is 0 Å². The third-order valence-corrected chi connectivity index (χ3v) is 4.89. The van der Waals surface area contributed by atoms with Gasteiger partial charge in [-0.15, -0.1) is 11.8 Å². The van der Waals surface area contributed by atoms with Crippen LogP contribution in [0.1, 0.15) is 16.7 Å². The SMILES string of the molecule is Cc1ccc(C)c(NC(=O)C(C#N)=Cc2ccc(SCCO)c([N+](=O)[O-])c2)c1. The van der Waals surface area contributed by atoms with Crippen LogP contribution in [0, 0.1) is 35.3 Å². The molecular formula is C20H19N3O4S. The first kappa shape index (κ1) is 21.2. The van der Waals surface area contributed by atoms with Crippen molar-refractivity contribution >= 4 is 35.1 Å². The number of hydrogen-bond acceptors (Lipinski definition) is 6. The van der Waals surface area contributed by atoms with E-state index < -0.39 is 10.8 Å². The van der Waals surface area contributed by atoms with Gasteiger partial charge in [0.1, 0.15) is 11.6 Å². The van der Waals surface area contributed by atoms with E-state index >= 15 is 0 Å². The number of nitrogens with one attached hydrogen (secondary N) is 1. The number of amides is 1. The molecular weight excluding hydrogens is 378 g/mol. The number of aryl methyl sites for hydroxylation is 2. The molecule has 0 aliphatic heterocycles. The summed E-state index contributed by atoms with van der Waals surface area (Å²) in [4.78, 5) is 23.7. The molecule has 7 nitrogen and oxygen atoms in total. The highest BCUT2D eigenvalue weighted by Crippen LogP contribution is 2.30. The third kappa shape index (κ3) is 5.42. The monoisotopic (exact) mass is 397 g/mol. The predicted molar refractivity (Wildman–Crippen MR) is 109 cm³/mol. The maximum Gasteiger partial charge on any atom is 0.283 e. The first-order valence-corrected chi connectivity index (χ1v) is 9.36. The first-order chi connectivity index (χ1) is 13.3. The molecule has 0 aliphatic carbocycles. The number of nitro groups is 1. The van der Waals surface area contributed by atoms with Crippen LogP contribution in [0.25, 0.3) is 6.08 Å². The molecule has 144 valence electrons. The van der Waals surface area contributed by atoms with E-state index in [0.717, 1.165) is 22.9 Å². The molecule has 1 amide bonds. The van der Waals surface area contributed by atoms with Crippen molar-refractivity contribution in [3.63, 3.8) is 0 Å². The summed E-state index contributed by atoms with van der Waals surface area (Å²) in [6, 6.07) is 11.9. The van der Waals surface area contributed by atoms with Gasteiger partial charge in [-0.2, -0.15) is 5.26 Å². The van der Waals surface area contributed by atoms with Crippen LogP contribution in [-0.2, 0) is 4.79 Å². The van der Waals surface area contributed by atoms with Crippen LogP contribution < -0.4 is 5.32 Å². The standard InChI is InChI=1S/C20H19N3O4S/c1-13-3-4-14(2)17(9-13)22-20(25)16(12-21)10-15-5-6-19(28-8-7-24)18(11-15)23(26)27/h3-6,9-11,24H,7-8H2,1-2H3,(H,22,25). The number of benzene rings is 2. The molecule has 0 saturated heterocycles. The summed E-state index contributed by atoms with van der Waals surface area (Å²) in [6.45, 7) is 3.64. The summed E-state index contributed by atoms with van der Waals surface area (Å²) in [5.41, 5.74) is 2.50. The first-order valence-electron chi connectivity index (χ1n) is 8.38. The van der Waals surface area contributed by atoms with Crippen molar-refractivity contribution in [2.45, 2.75) is 18.7 Å². The van der Waals surface area contributed by atoms with Crippen molar-refractivity contribution in [3.05, 3.63) is 68.8 Å². The average molecular weight is 397 g/mol. The Balaban J connectivity index is 2.31. The van der Waals surface area contributed by atoms with E-state index in [-0.39, 0.29) is 17.9 Å². The van der Waals surface area contributed by atoms with Gasteiger partial charge in [-0.1, -0.05) is 18.2 Å². The minimum atomic E-state index is -0.586. The van der Waals surface area contributed by atoms with Crippen LogP contribution in [0.15, 0.2) is 46.9 Å². The van der Waals surface area contributed by atoms with Crippen LogP contribution in [0.5, 0.6) is 0 Å². The molecule has 0 unspecified atom stereocenters. The van der Waals surface area contributed by atoms with E-state index in [9.17, 15) is 20.2 Å². The van der Waals surface area contributed by atoms with Gasteiger partial charge in [-0.3, -0.25) is 14.9 Å². The fourth-order valence-electron chi connectivity index (χ4n) is 2.42. The van der Waals surface area contributed by atoms with E-state index in [2.05, 4.69) is 5.32 Å². The largest absolute Gasteiger partial charge is 0.396 e. The van der Waals surface area contributed by atoms with Gasteiger partial charge >= 0.3 is 0 Å². The highest BCUT2D eigenvalue weighted by Gasteiger charge is 2.16. The van der Waals surface area contributed by atoms with Crippen LogP contribution in [0.3, 0.4) is 0 Å². The van der Waals surface area contributed by atoms with E-state index in [1.54, 1.807) is 18.2 Å². The van der Waals surface area contributed by atoms with Gasteiger partial charge in [-0.25, -0.2) is 0 Å². The smallest absolute Gasteiger partial charge is 0.283 e. The quantitative estimate of drug-likeness (QED) is 0.241. The number of hydrogen-bond donors (Lipinski definition) is 2. The van der Waals surface area contributed by atoms with Crippen LogP contribution in [0.4, 0.5) is 11.4 Å². The Labute approximate surface area is 166 Å². The minimum Gasteiger partial charge on any atom is -0.396 e. The maximum atomic E-state index is 12.5. The molecule has 0 spiro atoms. The highest BCUT2D eigenvalue weighted by molar-refractivity contribution is 7.99. The Morgan fingerprint density at radius 3 is 2.71 bits per heavy atom. The summed E-state index contributed by atoms with van der Waals surface area (Å²) in [7, 11) is 0. The molecule has 0 atom stereocenters. The second-order valence-corrected chi connectivity index (χ2v) is 7.14. The minimum absolute atomic E-state index is 0.0966. The van der Waals surface area contributed by atoms with Gasteiger partial charge < -0.3 is 10.4 Å². The van der Waals surface area contributed by atoms with Gasteiger partial charge in [0.2, 0.25) is 0 Å². The molecule has 28 heavy (non-hydrogen) atoms. The van der Waals surface area contributed by atoms with E-state index in [4.69, 9.17) is 5.11 Å². The molecule has 0 aliphatic rings. The molecule has 0 saturated carbocycles. The Hall–Kier alpha value is -3.15. The van der Waals surface area contributed by atoms with Crippen LogP contribution in [-0.4, -0.2) is 28.3 Å². The summed E-state index contributed by atoms with van der Waals surface area (Å²) in [5.74, 6) is -0.254. The number of nitriles is 1.